The topological polar surface area (TPSA) is 110 Å². The van der Waals surface area contributed by atoms with Gasteiger partial charge in [0.05, 0.1) is 16.4 Å². The van der Waals surface area contributed by atoms with Crippen molar-refractivity contribution in [3.63, 3.8) is 0 Å². The summed E-state index contributed by atoms with van der Waals surface area (Å²) in [5.74, 6) is -1.18. The van der Waals surface area contributed by atoms with E-state index in [1.54, 1.807) is 0 Å². The highest BCUT2D eigenvalue weighted by molar-refractivity contribution is 7.89. The molecule has 2 heterocycles. The van der Waals surface area contributed by atoms with Gasteiger partial charge in [-0.05, 0) is 37.1 Å². The highest BCUT2D eigenvalue weighted by Gasteiger charge is 2.41. The van der Waals surface area contributed by atoms with Gasteiger partial charge in [0, 0.05) is 26.2 Å². The van der Waals surface area contributed by atoms with Crippen LogP contribution in [0.1, 0.15) is 18.4 Å². The fourth-order valence-corrected chi connectivity index (χ4v) is 5.10. The lowest BCUT2D eigenvalue weighted by atomic mass is 9.77. The zero-order chi connectivity index (χ0) is 21.4. The number of rotatable bonds is 4. The number of carbonyl (C=O) groups is 1. The molecule has 3 N–H and O–H groups in total. The molecule has 1 amide bonds. The standard InChI is InChI=1S/C16H21BF3N3O5S.ClH/c18-16(19,20)11-3-5-12(6-4-11)29(27,28)22-9-7-21-13(10-22)15(24)23-8-1-2-14(23)17(25)26;/h3-6,13-14,21,25-26H,1-2,7-10H2;1H/t13-,14+;/m1./s1. The molecule has 0 aromatic heterocycles. The second kappa shape index (κ2) is 9.41. The molecular formula is C16H22BClF3N3O5S. The van der Waals surface area contributed by atoms with Crippen molar-refractivity contribution in [2.24, 2.45) is 0 Å². The van der Waals surface area contributed by atoms with Gasteiger partial charge in [-0.15, -0.1) is 12.4 Å². The summed E-state index contributed by atoms with van der Waals surface area (Å²) in [6, 6.07) is 2.32. The van der Waals surface area contributed by atoms with Gasteiger partial charge < -0.3 is 20.3 Å². The fourth-order valence-electron chi connectivity index (χ4n) is 3.65. The van der Waals surface area contributed by atoms with Gasteiger partial charge >= 0.3 is 13.3 Å². The van der Waals surface area contributed by atoms with E-state index in [1.807, 2.05) is 0 Å². The van der Waals surface area contributed by atoms with E-state index >= 15 is 0 Å². The van der Waals surface area contributed by atoms with Crippen LogP contribution < -0.4 is 5.32 Å². The number of carbonyl (C=O) groups excluding carboxylic acids is 1. The molecule has 0 radical (unpaired) electrons. The first-order chi connectivity index (χ1) is 13.5. The third-order valence-corrected chi connectivity index (χ3v) is 7.06. The number of hydrogen-bond acceptors (Lipinski definition) is 6. The Balaban J connectivity index is 0.00000320. The van der Waals surface area contributed by atoms with Crippen molar-refractivity contribution < 1.29 is 36.4 Å². The predicted octanol–water partition coefficient (Wildman–Crippen LogP) is 0.0927. The number of alkyl halides is 3. The molecule has 0 spiro atoms. The maximum Gasteiger partial charge on any atom is 0.475 e. The normalized spacial score (nSPS) is 23.2. The Morgan fingerprint density at radius 3 is 2.37 bits per heavy atom. The second-order valence-corrected chi connectivity index (χ2v) is 8.98. The number of amides is 1. The molecule has 0 bridgehead atoms. The Labute approximate surface area is 178 Å². The number of likely N-dealkylation sites (tertiary alicyclic amines) is 1. The summed E-state index contributed by atoms with van der Waals surface area (Å²) in [7, 11) is -5.77. The lowest BCUT2D eigenvalue weighted by Gasteiger charge is -2.35. The minimum absolute atomic E-state index is 0. The van der Waals surface area contributed by atoms with Gasteiger partial charge in [-0.1, -0.05) is 0 Å². The number of nitrogens with zero attached hydrogens (tertiary/aromatic N) is 2. The van der Waals surface area contributed by atoms with E-state index in [0.29, 0.717) is 31.5 Å². The molecular weight excluding hydrogens is 450 g/mol. The molecule has 1 aromatic carbocycles. The van der Waals surface area contributed by atoms with E-state index in [0.717, 1.165) is 16.4 Å². The molecule has 2 fully saturated rings. The van der Waals surface area contributed by atoms with Crippen LogP contribution in [0, 0.1) is 0 Å². The Bertz CT molecular complexity index is 857. The van der Waals surface area contributed by atoms with Gasteiger partial charge in [-0.3, -0.25) is 4.79 Å². The lowest BCUT2D eigenvalue weighted by Crippen LogP contribution is -2.60. The van der Waals surface area contributed by atoms with E-state index in [1.165, 1.54) is 4.90 Å². The average molecular weight is 472 g/mol. The van der Waals surface area contributed by atoms with Crippen LogP contribution in [-0.4, -0.2) is 78.9 Å². The molecule has 14 heteroatoms. The number of hydrogen-bond donors (Lipinski definition) is 3. The number of halogens is 4. The smallest absolute Gasteiger partial charge is 0.426 e. The van der Waals surface area contributed by atoms with Crippen molar-refractivity contribution in [1.29, 1.82) is 0 Å². The first kappa shape index (κ1) is 24.9. The van der Waals surface area contributed by atoms with Crippen molar-refractivity contribution in [2.45, 2.75) is 35.9 Å². The number of piperazine rings is 1. The largest absolute Gasteiger partial charge is 0.475 e. The Kier molecular flexibility index (Phi) is 7.81. The molecule has 2 aliphatic heterocycles. The van der Waals surface area contributed by atoms with Crippen molar-refractivity contribution >= 4 is 35.5 Å². The van der Waals surface area contributed by atoms with E-state index in [9.17, 15) is 36.4 Å². The molecule has 0 saturated carbocycles. The molecule has 2 saturated heterocycles. The van der Waals surface area contributed by atoms with Gasteiger partial charge in [0.15, 0.2) is 0 Å². The van der Waals surface area contributed by atoms with E-state index < -0.39 is 46.8 Å². The molecule has 8 nitrogen and oxygen atoms in total. The number of benzene rings is 1. The van der Waals surface area contributed by atoms with E-state index in [2.05, 4.69) is 5.32 Å². The lowest BCUT2D eigenvalue weighted by molar-refractivity contribution is -0.137. The molecule has 2 aliphatic rings. The van der Waals surface area contributed by atoms with Crippen LogP contribution in [0.2, 0.25) is 0 Å². The minimum Gasteiger partial charge on any atom is -0.426 e. The van der Waals surface area contributed by atoms with Crippen molar-refractivity contribution in [1.82, 2.24) is 14.5 Å². The van der Waals surface area contributed by atoms with Crippen molar-refractivity contribution in [3.05, 3.63) is 29.8 Å². The van der Waals surface area contributed by atoms with Crippen LogP contribution in [0.4, 0.5) is 13.2 Å². The highest BCUT2D eigenvalue weighted by Crippen LogP contribution is 2.30. The van der Waals surface area contributed by atoms with Crippen LogP contribution in [0.25, 0.3) is 0 Å². The first-order valence-electron chi connectivity index (χ1n) is 9.09. The Hall–Kier alpha value is -1.38. The summed E-state index contributed by atoms with van der Waals surface area (Å²) in [5, 5.41) is 21.8. The number of sulfonamides is 1. The van der Waals surface area contributed by atoms with Crippen LogP contribution in [0.3, 0.4) is 0 Å². The van der Waals surface area contributed by atoms with Gasteiger partial charge in [0.1, 0.15) is 6.04 Å². The van der Waals surface area contributed by atoms with Gasteiger partial charge in [0.2, 0.25) is 15.9 Å². The summed E-state index contributed by atoms with van der Waals surface area (Å²) < 4.78 is 64.8. The summed E-state index contributed by atoms with van der Waals surface area (Å²) in [6.45, 7) is 0.369. The molecule has 30 heavy (non-hydrogen) atoms. The first-order valence-corrected chi connectivity index (χ1v) is 10.5. The molecule has 3 rings (SSSR count). The van der Waals surface area contributed by atoms with Gasteiger partial charge in [-0.2, -0.15) is 17.5 Å². The Morgan fingerprint density at radius 2 is 1.80 bits per heavy atom. The van der Waals surface area contributed by atoms with E-state index in [-0.39, 0.29) is 36.9 Å². The Morgan fingerprint density at radius 1 is 1.17 bits per heavy atom. The zero-order valence-electron chi connectivity index (χ0n) is 15.7. The SMILES string of the molecule is Cl.O=C([C@H]1CN(S(=O)(=O)c2ccc(C(F)(F)F)cc2)CCN1)N1CCC[C@H]1B(O)O. The minimum atomic E-state index is -4.57. The van der Waals surface area contributed by atoms with Crippen LogP contribution >= 0.6 is 12.4 Å². The maximum absolute atomic E-state index is 12.8. The van der Waals surface area contributed by atoms with Crippen LogP contribution in [-0.2, 0) is 21.0 Å². The predicted molar refractivity (Wildman–Crippen MR) is 104 cm³/mol. The summed E-state index contributed by atoms with van der Waals surface area (Å²) in [6.07, 6.45) is -3.53. The van der Waals surface area contributed by atoms with Crippen LogP contribution in [0.15, 0.2) is 29.2 Å². The summed E-state index contributed by atoms with van der Waals surface area (Å²) >= 11 is 0. The average Bonchev–Trinajstić information content (AvgIpc) is 3.17. The quantitative estimate of drug-likeness (QED) is 0.537. The summed E-state index contributed by atoms with van der Waals surface area (Å²) in [5.41, 5.74) is -0.951. The van der Waals surface area contributed by atoms with Gasteiger partial charge in [0.25, 0.3) is 0 Å². The second-order valence-electron chi connectivity index (χ2n) is 7.05. The summed E-state index contributed by atoms with van der Waals surface area (Å²) in [4.78, 5) is 13.8. The molecule has 168 valence electrons. The highest BCUT2D eigenvalue weighted by atomic mass is 35.5. The molecule has 2 atom stereocenters. The zero-order valence-corrected chi connectivity index (χ0v) is 17.4. The van der Waals surface area contributed by atoms with Crippen molar-refractivity contribution in [2.75, 3.05) is 26.2 Å². The third kappa shape index (κ3) is 5.09. The van der Waals surface area contributed by atoms with Crippen molar-refractivity contribution in [3.8, 4) is 0 Å². The molecule has 0 aliphatic carbocycles. The number of nitrogens with one attached hydrogen (secondary N) is 1. The molecule has 0 unspecified atom stereocenters. The van der Waals surface area contributed by atoms with E-state index in [4.69, 9.17) is 0 Å². The monoisotopic (exact) mass is 471 g/mol. The molecule has 1 aromatic rings. The van der Waals surface area contributed by atoms with Gasteiger partial charge in [-0.25, -0.2) is 8.42 Å². The van der Waals surface area contributed by atoms with Crippen LogP contribution in [0.5, 0.6) is 0 Å². The fraction of sp³-hybridized carbons (Fsp3) is 0.562. The maximum atomic E-state index is 12.8. The third-order valence-electron chi connectivity index (χ3n) is 5.18.